The number of amides is 1. The molecule has 0 N–H and O–H groups in total. The number of nitrogens with zero attached hydrogens (tertiary/aromatic N) is 4. The van der Waals surface area contributed by atoms with Crippen molar-refractivity contribution < 1.29 is 9.00 Å². The van der Waals surface area contributed by atoms with Crippen LogP contribution in [-0.2, 0) is 35.3 Å². The summed E-state index contributed by atoms with van der Waals surface area (Å²) in [4.78, 5) is 22.5. The Hall–Kier alpha value is -3.03. The number of anilines is 1. The summed E-state index contributed by atoms with van der Waals surface area (Å²) < 4.78 is 15.5. The van der Waals surface area contributed by atoms with E-state index in [1.807, 2.05) is 68.4 Å². The number of rotatable bonds is 8. The average molecular weight is 477 g/mol. The molecule has 3 aromatic rings. The molecule has 4 rings (SSSR count). The standard InChI is InChI=1S/C27H32N4O2S/c1-4-30(19-24-7-5-6-15-28-24)27(32)20-31(25-11-8-21(2)9-12-25)34(33)26-13-10-22-14-16-29(3)18-23(22)17-26/h5-13,15,17H,4,14,16,18-20H2,1-3H3. The van der Waals surface area contributed by atoms with Crippen molar-refractivity contribution in [3.05, 3.63) is 89.2 Å². The first kappa shape index (κ1) is 24.1. The lowest BCUT2D eigenvalue weighted by Crippen LogP contribution is -2.41. The van der Waals surface area contributed by atoms with E-state index in [-0.39, 0.29) is 12.5 Å². The van der Waals surface area contributed by atoms with Gasteiger partial charge in [-0.1, -0.05) is 29.8 Å². The van der Waals surface area contributed by atoms with Crippen molar-refractivity contribution >= 4 is 22.6 Å². The van der Waals surface area contributed by atoms with Gasteiger partial charge in [-0.15, -0.1) is 0 Å². The van der Waals surface area contributed by atoms with Crippen LogP contribution in [0.4, 0.5) is 5.69 Å². The average Bonchev–Trinajstić information content (AvgIpc) is 2.86. The SMILES string of the molecule is CCN(Cc1ccccn1)C(=O)CN(c1ccc(C)cc1)S(=O)c1ccc2c(c1)CN(C)CC2. The van der Waals surface area contributed by atoms with E-state index in [0.29, 0.717) is 13.1 Å². The lowest BCUT2D eigenvalue weighted by Gasteiger charge is -2.28. The minimum atomic E-state index is -1.52. The number of hydrogen-bond acceptors (Lipinski definition) is 4. The van der Waals surface area contributed by atoms with Gasteiger partial charge in [-0.2, -0.15) is 0 Å². The van der Waals surface area contributed by atoms with Crippen LogP contribution in [0.1, 0.15) is 29.3 Å². The number of aromatic nitrogens is 1. The molecule has 1 unspecified atom stereocenters. The quantitative estimate of drug-likeness (QED) is 0.494. The third-order valence-corrected chi connectivity index (χ3v) is 7.59. The number of carbonyl (C=O) groups is 1. The van der Waals surface area contributed by atoms with Crippen LogP contribution < -0.4 is 4.31 Å². The van der Waals surface area contributed by atoms with Crippen molar-refractivity contribution in [3.63, 3.8) is 0 Å². The highest BCUT2D eigenvalue weighted by Gasteiger charge is 2.24. The molecule has 2 aromatic carbocycles. The fourth-order valence-electron chi connectivity index (χ4n) is 4.15. The minimum absolute atomic E-state index is 0.0212. The largest absolute Gasteiger partial charge is 0.336 e. The maximum absolute atomic E-state index is 13.8. The molecule has 0 bridgehead atoms. The van der Waals surface area contributed by atoms with Gasteiger partial charge in [0.05, 0.1) is 22.8 Å². The number of likely N-dealkylation sites (N-methyl/N-ethyl adjacent to an activating group) is 2. The highest BCUT2D eigenvalue weighted by atomic mass is 32.2. The van der Waals surface area contributed by atoms with Gasteiger partial charge in [0, 0.05) is 25.8 Å². The Balaban J connectivity index is 1.60. The third kappa shape index (κ3) is 5.72. The normalized spacial score (nSPS) is 14.3. The Morgan fingerprint density at radius 3 is 2.59 bits per heavy atom. The molecule has 7 heteroatoms. The van der Waals surface area contributed by atoms with Crippen molar-refractivity contribution in [2.24, 2.45) is 0 Å². The second kappa shape index (κ2) is 10.9. The lowest BCUT2D eigenvalue weighted by atomic mass is 10.0. The third-order valence-electron chi connectivity index (χ3n) is 6.20. The molecule has 0 fully saturated rings. The summed E-state index contributed by atoms with van der Waals surface area (Å²) in [6.07, 6.45) is 2.73. The maximum atomic E-state index is 13.8. The molecule has 0 saturated heterocycles. The predicted octanol–water partition coefficient (Wildman–Crippen LogP) is 3.96. The Bertz CT molecular complexity index is 1150. The number of pyridine rings is 1. The lowest BCUT2D eigenvalue weighted by molar-refractivity contribution is -0.130. The van der Waals surface area contributed by atoms with Crippen molar-refractivity contribution in [1.29, 1.82) is 0 Å². The van der Waals surface area contributed by atoms with E-state index in [2.05, 4.69) is 23.0 Å². The number of hydrogen-bond donors (Lipinski definition) is 0. The van der Waals surface area contributed by atoms with E-state index < -0.39 is 11.0 Å². The molecule has 1 amide bonds. The molecule has 1 atom stereocenters. The van der Waals surface area contributed by atoms with Gasteiger partial charge in [0.25, 0.3) is 0 Å². The van der Waals surface area contributed by atoms with Gasteiger partial charge in [-0.05, 0) is 74.8 Å². The van der Waals surface area contributed by atoms with Crippen LogP contribution in [0.3, 0.4) is 0 Å². The van der Waals surface area contributed by atoms with Crippen molar-refractivity contribution in [1.82, 2.24) is 14.8 Å². The second-order valence-electron chi connectivity index (χ2n) is 8.77. The number of benzene rings is 2. The van der Waals surface area contributed by atoms with Crippen LogP contribution in [-0.4, -0.2) is 51.6 Å². The van der Waals surface area contributed by atoms with E-state index in [4.69, 9.17) is 0 Å². The van der Waals surface area contributed by atoms with Gasteiger partial charge in [-0.3, -0.25) is 14.1 Å². The van der Waals surface area contributed by atoms with E-state index in [1.54, 1.807) is 15.4 Å². The molecule has 2 heterocycles. The summed E-state index contributed by atoms with van der Waals surface area (Å²) in [7, 11) is 0.580. The highest BCUT2D eigenvalue weighted by molar-refractivity contribution is 7.86. The topological polar surface area (TPSA) is 56.8 Å². The Morgan fingerprint density at radius 2 is 1.88 bits per heavy atom. The summed E-state index contributed by atoms with van der Waals surface area (Å²) in [6.45, 7) is 6.84. The fraction of sp³-hybridized carbons (Fsp3) is 0.333. The second-order valence-corrected chi connectivity index (χ2v) is 10.2. The zero-order valence-electron chi connectivity index (χ0n) is 20.1. The summed E-state index contributed by atoms with van der Waals surface area (Å²) in [5, 5.41) is 0. The molecule has 178 valence electrons. The smallest absolute Gasteiger partial charge is 0.243 e. The van der Waals surface area contributed by atoms with Crippen LogP contribution in [0.2, 0.25) is 0 Å². The molecule has 0 aliphatic carbocycles. The van der Waals surface area contributed by atoms with Crippen LogP contribution in [0, 0.1) is 6.92 Å². The van der Waals surface area contributed by atoms with E-state index in [0.717, 1.165) is 41.4 Å². The van der Waals surface area contributed by atoms with Crippen molar-refractivity contribution in [2.75, 3.05) is 31.0 Å². The first-order valence-electron chi connectivity index (χ1n) is 11.7. The van der Waals surface area contributed by atoms with Gasteiger partial charge >= 0.3 is 0 Å². The fourth-order valence-corrected chi connectivity index (χ4v) is 5.38. The molecule has 1 aliphatic rings. The molecule has 0 radical (unpaired) electrons. The van der Waals surface area contributed by atoms with Crippen molar-refractivity contribution in [2.45, 2.75) is 38.3 Å². The van der Waals surface area contributed by atoms with Crippen molar-refractivity contribution in [3.8, 4) is 0 Å². The first-order chi connectivity index (χ1) is 16.4. The van der Waals surface area contributed by atoms with Crippen LogP contribution in [0.5, 0.6) is 0 Å². The van der Waals surface area contributed by atoms with Crippen LogP contribution in [0.15, 0.2) is 71.8 Å². The number of aryl methyl sites for hydroxylation is 1. The molecule has 1 aromatic heterocycles. The van der Waals surface area contributed by atoms with E-state index >= 15 is 0 Å². The Kier molecular flexibility index (Phi) is 7.75. The zero-order chi connectivity index (χ0) is 24.1. The molecule has 0 saturated carbocycles. The molecule has 6 nitrogen and oxygen atoms in total. The van der Waals surface area contributed by atoms with Gasteiger partial charge in [0.1, 0.15) is 6.54 Å². The zero-order valence-corrected chi connectivity index (χ0v) is 20.9. The maximum Gasteiger partial charge on any atom is 0.243 e. The van der Waals surface area contributed by atoms with Crippen LogP contribution >= 0.6 is 0 Å². The minimum Gasteiger partial charge on any atom is -0.336 e. The van der Waals surface area contributed by atoms with Gasteiger partial charge in [0.15, 0.2) is 11.0 Å². The predicted molar refractivity (Wildman–Crippen MR) is 137 cm³/mol. The summed E-state index contributed by atoms with van der Waals surface area (Å²) in [5.74, 6) is -0.0835. The molecule has 1 aliphatic heterocycles. The molecule has 0 spiro atoms. The van der Waals surface area contributed by atoms with Crippen LogP contribution in [0.25, 0.3) is 0 Å². The summed E-state index contributed by atoms with van der Waals surface area (Å²) in [6, 6.07) is 19.6. The van der Waals surface area contributed by atoms with Gasteiger partial charge in [0.2, 0.25) is 5.91 Å². The van der Waals surface area contributed by atoms with Gasteiger partial charge in [-0.25, -0.2) is 4.21 Å². The Morgan fingerprint density at radius 1 is 1.09 bits per heavy atom. The highest BCUT2D eigenvalue weighted by Crippen LogP contribution is 2.25. The monoisotopic (exact) mass is 476 g/mol. The number of fused-ring (bicyclic) bond motifs is 1. The molecular weight excluding hydrogens is 444 g/mol. The van der Waals surface area contributed by atoms with Gasteiger partial charge < -0.3 is 9.80 Å². The van der Waals surface area contributed by atoms with E-state index in [1.165, 1.54) is 11.1 Å². The number of carbonyl (C=O) groups excluding carboxylic acids is 1. The summed E-state index contributed by atoms with van der Waals surface area (Å²) >= 11 is 0. The molecular formula is C27H32N4O2S. The van der Waals surface area contributed by atoms with E-state index in [9.17, 15) is 9.00 Å². The summed E-state index contributed by atoms with van der Waals surface area (Å²) in [5.41, 5.74) is 5.23. The Labute approximate surface area is 204 Å². The first-order valence-corrected chi connectivity index (χ1v) is 12.8. The molecule has 34 heavy (non-hydrogen) atoms.